The number of ketones is 1. The second kappa shape index (κ2) is 4.67. The molecule has 0 amide bonds. The van der Waals surface area contributed by atoms with Crippen molar-refractivity contribution in [2.75, 3.05) is 0 Å². The van der Waals surface area contributed by atoms with Crippen LogP contribution in [0.3, 0.4) is 0 Å². The molecule has 1 aliphatic carbocycles. The van der Waals surface area contributed by atoms with Crippen molar-refractivity contribution in [3.63, 3.8) is 0 Å². The van der Waals surface area contributed by atoms with Crippen molar-refractivity contribution in [1.82, 2.24) is 0 Å². The van der Waals surface area contributed by atoms with E-state index in [0.29, 0.717) is 6.42 Å². The molecule has 0 aromatic heterocycles. The van der Waals surface area contributed by atoms with Crippen LogP contribution in [-0.4, -0.2) is 12.2 Å². The van der Waals surface area contributed by atoms with Crippen molar-refractivity contribution in [2.45, 2.75) is 32.6 Å². The summed E-state index contributed by atoms with van der Waals surface area (Å²) in [5.74, 6) is -0.883. The van der Waals surface area contributed by atoms with E-state index in [2.05, 4.69) is 6.58 Å². The van der Waals surface area contributed by atoms with E-state index in [1.165, 1.54) is 6.08 Å². The van der Waals surface area contributed by atoms with E-state index >= 15 is 0 Å². The van der Waals surface area contributed by atoms with Crippen LogP contribution in [0.1, 0.15) is 26.2 Å². The van der Waals surface area contributed by atoms with Gasteiger partial charge in [-0.3, -0.25) is 4.79 Å². The van der Waals surface area contributed by atoms with Gasteiger partial charge in [-0.05, 0) is 31.3 Å². The molecule has 1 fully saturated rings. The average molecular weight is 202 g/mol. The molecule has 0 aromatic rings. The molecule has 14 heavy (non-hydrogen) atoms. The lowest BCUT2D eigenvalue weighted by Crippen LogP contribution is -2.31. The Morgan fingerprint density at radius 1 is 1.50 bits per heavy atom. The second-order valence-corrected chi connectivity index (χ2v) is 4.09. The van der Waals surface area contributed by atoms with Gasteiger partial charge in [-0.1, -0.05) is 13.5 Å². The number of halogens is 2. The van der Waals surface area contributed by atoms with Gasteiger partial charge in [0.05, 0.1) is 0 Å². The summed E-state index contributed by atoms with van der Waals surface area (Å²) < 4.78 is 25.1. The van der Waals surface area contributed by atoms with Crippen LogP contribution in [0.5, 0.6) is 0 Å². The Bertz CT molecular complexity index is 225. The smallest absolute Gasteiger partial charge is 0.241 e. The van der Waals surface area contributed by atoms with Gasteiger partial charge in [0.25, 0.3) is 0 Å². The third kappa shape index (κ3) is 2.40. The van der Waals surface area contributed by atoms with E-state index in [9.17, 15) is 13.6 Å². The summed E-state index contributed by atoms with van der Waals surface area (Å²) in [6, 6.07) is 0. The first-order chi connectivity index (χ1) is 6.56. The van der Waals surface area contributed by atoms with Crippen molar-refractivity contribution in [3.05, 3.63) is 12.7 Å². The van der Waals surface area contributed by atoms with E-state index in [0.717, 1.165) is 12.8 Å². The molecule has 1 aliphatic rings. The number of hydrogen-bond donors (Lipinski definition) is 0. The maximum Gasteiger partial charge on any atom is 0.241 e. The molecule has 0 radical (unpaired) electrons. The maximum atomic E-state index is 12.6. The Hall–Kier alpha value is -0.730. The van der Waals surface area contributed by atoms with E-state index in [-0.39, 0.29) is 17.6 Å². The summed E-state index contributed by atoms with van der Waals surface area (Å²) in [6.45, 7) is 5.23. The van der Waals surface area contributed by atoms with Crippen molar-refractivity contribution >= 4 is 5.78 Å². The molecule has 0 aromatic carbocycles. The number of alkyl halides is 2. The number of hydrogen-bond acceptors (Lipinski definition) is 1. The molecule has 0 spiro atoms. The first kappa shape index (κ1) is 11.3. The van der Waals surface area contributed by atoms with Gasteiger partial charge in [0.1, 0.15) is 0 Å². The molecule has 0 N–H and O–H groups in total. The van der Waals surface area contributed by atoms with E-state index in [1.807, 2.05) is 6.92 Å². The van der Waals surface area contributed by atoms with Crippen LogP contribution < -0.4 is 0 Å². The SMILES string of the molecule is C=CC(=O)C1CCC(C)C(C(F)F)C1. The minimum absolute atomic E-state index is 0.0314. The van der Waals surface area contributed by atoms with Crippen molar-refractivity contribution in [1.29, 1.82) is 0 Å². The summed E-state index contributed by atoms with van der Waals surface area (Å²) in [6.07, 6.45) is 0.729. The van der Waals surface area contributed by atoms with Gasteiger partial charge in [0.15, 0.2) is 5.78 Å². The molecule has 1 saturated carbocycles. The molecule has 80 valence electrons. The molecule has 3 unspecified atom stereocenters. The normalized spacial score (nSPS) is 33.0. The number of rotatable bonds is 3. The Morgan fingerprint density at radius 2 is 2.14 bits per heavy atom. The lowest BCUT2D eigenvalue weighted by Gasteiger charge is -2.32. The van der Waals surface area contributed by atoms with Gasteiger partial charge in [0, 0.05) is 11.8 Å². The highest BCUT2D eigenvalue weighted by Gasteiger charge is 2.35. The van der Waals surface area contributed by atoms with E-state index < -0.39 is 12.3 Å². The molecule has 0 aliphatic heterocycles. The molecular formula is C11H16F2O. The van der Waals surface area contributed by atoms with Crippen LogP contribution in [0, 0.1) is 17.8 Å². The summed E-state index contributed by atoms with van der Waals surface area (Å²) in [4.78, 5) is 11.3. The van der Waals surface area contributed by atoms with Crippen molar-refractivity contribution in [3.8, 4) is 0 Å². The molecule has 3 heteroatoms. The predicted octanol–water partition coefficient (Wildman–Crippen LogP) is 3.06. The standard InChI is InChI=1S/C11H16F2O/c1-3-10(14)8-5-4-7(2)9(6-8)11(12)13/h3,7-9,11H,1,4-6H2,2H3. The summed E-state index contributed by atoms with van der Waals surface area (Å²) in [5, 5.41) is 0. The topological polar surface area (TPSA) is 17.1 Å². The third-order valence-electron chi connectivity index (χ3n) is 3.19. The molecule has 0 heterocycles. The zero-order valence-electron chi connectivity index (χ0n) is 8.38. The minimum Gasteiger partial charge on any atom is -0.295 e. The molecule has 0 saturated heterocycles. The fraction of sp³-hybridized carbons (Fsp3) is 0.727. The lowest BCUT2D eigenvalue weighted by atomic mass is 9.73. The van der Waals surface area contributed by atoms with Gasteiger partial charge >= 0.3 is 0 Å². The van der Waals surface area contributed by atoms with E-state index in [4.69, 9.17) is 0 Å². The van der Waals surface area contributed by atoms with Crippen LogP contribution in [-0.2, 0) is 4.79 Å². The van der Waals surface area contributed by atoms with Crippen molar-refractivity contribution < 1.29 is 13.6 Å². The number of carbonyl (C=O) groups excluding carboxylic acids is 1. The summed E-state index contributed by atoms with van der Waals surface area (Å²) in [5.41, 5.74) is 0. The summed E-state index contributed by atoms with van der Waals surface area (Å²) in [7, 11) is 0. The second-order valence-electron chi connectivity index (χ2n) is 4.09. The van der Waals surface area contributed by atoms with Gasteiger partial charge in [-0.2, -0.15) is 0 Å². The average Bonchev–Trinajstić information content (AvgIpc) is 2.17. The zero-order chi connectivity index (χ0) is 10.7. The molecule has 3 atom stereocenters. The number of allylic oxidation sites excluding steroid dienone is 1. The number of carbonyl (C=O) groups is 1. The Labute approximate surface area is 83.2 Å². The fourth-order valence-electron chi connectivity index (χ4n) is 2.13. The van der Waals surface area contributed by atoms with Gasteiger partial charge in [-0.15, -0.1) is 0 Å². The van der Waals surface area contributed by atoms with Crippen molar-refractivity contribution in [2.24, 2.45) is 17.8 Å². The molecule has 1 nitrogen and oxygen atoms in total. The van der Waals surface area contributed by atoms with Crippen LogP contribution in [0.25, 0.3) is 0 Å². The maximum absolute atomic E-state index is 12.6. The fourth-order valence-corrected chi connectivity index (χ4v) is 2.13. The summed E-state index contributed by atoms with van der Waals surface area (Å²) >= 11 is 0. The molecule has 1 rings (SSSR count). The Balaban J connectivity index is 2.61. The minimum atomic E-state index is -2.30. The third-order valence-corrected chi connectivity index (χ3v) is 3.19. The Kier molecular flexibility index (Phi) is 3.78. The quantitative estimate of drug-likeness (QED) is 0.643. The highest BCUT2D eigenvalue weighted by molar-refractivity contribution is 5.91. The zero-order valence-corrected chi connectivity index (χ0v) is 8.38. The highest BCUT2D eigenvalue weighted by atomic mass is 19.3. The molecular weight excluding hydrogens is 186 g/mol. The first-order valence-corrected chi connectivity index (χ1v) is 5.00. The van der Waals surface area contributed by atoms with E-state index in [1.54, 1.807) is 0 Å². The van der Waals surface area contributed by atoms with Crippen LogP contribution in [0.2, 0.25) is 0 Å². The van der Waals surface area contributed by atoms with Crippen LogP contribution in [0.4, 0.5) is 8.78 Å². The highest BCUT2D eigenvalue weighted by Crippen LogP contribution is 2.37. The van der Waals surface area contributed by atoms with Crippen LogP contribution >= 0.6 is 0 Å². The Morgan fingerprint density at radius 3 is 2.64 bits per heavy atom. The predicted molar refractivity (Wildman–Crippen MR) is 51.2 cm³/mol. The molecule has 0 bridgehead atoms. The largest absolute Gasteiger partial charge is 0.295 e. The van der Waals surface area contributed by atoms with Crippen LogP contribution in [0.15, 0.2) is 12.7 Å². The monoisotopic (exact) mass is 202 g/mol. The first-order valence-electron chi connectivity index (χ1n) is 5.00. The lowest BCUT2D eigenvalue weighted by molar-refractivity contribution is -0.121. The van der Waals surface area contributed by atoms with Gasteiger partial charge in [0.2, 0.25) is 6.43 Å². The van der Waals surface area contributed by atoms with Gasteiger partial charge in [-0.25, -0.2) is 8.78 Å². The van der Waals surface area contributed by atoms with Gasteiger partial charge < -0.3 is 0 Å².